The Kier molecular flexibility index (Phi) is 5.45. The predicted molar refractivity (Wildman–Crippen MR) is 76.5 cm³/mol. The Hall–Kier alpha value is -1.93. The Morgan fingerprint density at radius 3 is 2.43 bits per heavy atom. The molecule has 0 aliphatic heterocycles. The maximum Gasteiger partial charge on any atom is 0.326 e. The van der Waals surface area contributed by atoms with Crippen molar-refractivity contribution < 1.29 is 23.1 Å². The summed E-state index contributed by atoms with van der Waals surface area (Å²) >= 11 is 0. The summed E-state index contributed by atoms with van der Waals surface area (Å²) in [5.41, 5.74) is 0.0950. The van der Waals surface area contributed by atoms with E-state index in [1.165, 1.54) is 38.4 Å². The van der Waals surface area contributed by atoms with E-state index < -0.39 is 27.9 Å². The van der Waals surface area contributed by atoms with Crippen LogP contribution in [-0.4, -0.2) is 49.8 Å². The monoisotopic (exact) mass is 314 g/mol. The van der Waals surface area contributed by atoms with Crippen LogP contribution in [0.25, 0.3) is 0 Å². The lowest BCUT2D eigenvalue weighted by atomic mass is 10.1. The normalized spacial score (nSPS) is 13.0. The molecule has 2 N–H and O–H groups in total. The molecule has 0 aliphatic carbocycles. The third-order valence-electron chi connectivity index (χ3n) is 2.89. The lowest BCUT2D eigenvalue weighted by molar-refractivity contribution is -0.139. The van der Waals surface area contributed by atoms with Crippen LogP contribution in [-0.2, 0) is 14.8 Å². The SMILES string of the molecule is CC[C@H](NC(=O)c1cccc(S(=O)(=O)N(C)C)c1)C(=O)O. The van der Waals surface area contributed by atoms with E-state index in [9.17, 15) is 18.0 Å². The van der Waals surface area contributed by atoms with Gasteiger partial charge in [-0.3, -0.25) is 4.79 Å². The number of carbonyl (C=O) groups is 2. The minimum absolute atomic E-state index is 0.0245. The Balaban J connectivity index is 3.06. The van der Waals surface area contributed by atoms with Gasteiger partial charge in [0.05, 0.1) is 4.90 Å². The summed E-state index contributed by atoms with van der Waals surface area (Å²) in [4.78, 5) is 22.9. The van der Waals surface area contributed by atoms with Crippen molar-refractivity contribution >= 4 is 21.9 Å². The molecule has 1 aromatic rings. The Morgan fingerprint density at radius 2 is 1.95 bits per heavy atom. The van der Waals surface area contributed by atoms with Gasteiger partial charge >= 0.3 is 5.97 Å². The zero-order valence-electron chi connectivity index (χ0n) is 12.0. The highest BCUT2D eigenvalue weighted by atomic mass is 32.2. The highest BCUT2D eigenvalue weighted by Gasteiger charge is 2.21. The van der Waals surface area contributed by atoms with Crippen molar-refractivity contribution in [3.63, 3.8) is 0 Å². The minimum atomic E-state index is -3.65. The molecular formula is C13H18N2O5S. The lowest BCUT2D eigenvalue weighted by Crippen LogP contribution is -2.40. The first-order valence-electron chi connectivity index (χ1n) is 6.26. The van der Waals surface area contributed by atoms with Crippen molar-refractivity contribution in [2.45, 2.75) is 24.3 Å². The molecular weight excluding hydrogens is 296 g/mol. The Labute approximate surface area is 123 Å². The molecule has 0 saturated carbocycles. The molecule has 7 nitrogen and oxygen atoms in total. The van der Waals surface area contributed by atoms with Crippen LogP contribution in [0.2, 0.25) is 0 Å². The molecule has 1 aromatic carbocycles. The lowest BCUT2D eigenvalue weighted by Gasteiger charge is -2.14. The second-order valence-electron chi connectivity index (χ2n) is 4.59. The highest BCUT2D eigenvalue weighted by Crippen LogP contribution is 2.15. The molecule has 116 valence electrons. The second kappa shape index (κ2) is 6.68. The van der Waals surface area contributed by atoms with E-state index in [-0.39, 0.29) is 16.9 Å². The number of carboxylic acids is 1. The third kappa shape index (κ3) is 4.02. The summed E-state index contributed by atoms with van der Waals surface area (Å²) in [6.07, 6.45) is 0.233. The number of amides is 1. The number of nitrogens with one attached hydrogen (secondary N) is 1. The first kappa shape index (κ1) is 17.1. The summed E-state index contributed by atoms with van der Waals surface area (Å²) in [7, 11) is -0.869. The number of aliphatic carboxylic acids is 1. The van der Waals surface area contributed by atoms with Crippen LogP contribution in [0.1, 0.15) is 23.7 Å². The van der Waals surface area contributed by atoms with Gasteiger partial charge in [0, 0.05) is 19.7 Å². The third-order valence-corrected chi connectivity index (χ3v) is 4.70. The summed E-state index contributed by atoms with van der Waals surface area (Å²) in [5, 5.41) is 11.3. The summed E-state index contributed by atoms with van der Waals surface area (Å²) in [5.74, 6) is -1.76. The van der Waals surface area contributed by atoms with Gasteiger partial charge in [0.15, 0.2) is 0 Å². The van der Waals surface area contributed by atoms with Gasteiger partial charge in [0.25, 0.3) is 5.91 Å². The number of benzene rings is 1. The van der Waals surface area contributed by atoms with Gasteiger partial charge in [0.2, 0.25) is 10.0 Å². The molecule has 0 radical (unpaired) electrons. The molecule has 0 spiro atoms. The largest absolute Gasteiger partial charge is 0.480 e. The van der Waals surface area contributed by atoms with Gasteiger partial charge in [0.1, 0.15) is 6.04 Å². The maximum atomic E-state index is 12.0. The average Bonchev–Trinajstić information content (AvgIpc) is 2.44. The fraction of sp³-hybridized carbons (Fsp3) is 0.385. The molecule has 21 heavy (non-hydrogen) atoms. The molecule has 0 heterocycles. The van der Waals surface area contributed by atoms with E-state index in [0.717, 1.165) is 4.31 Å². The van der Waals surface area contributed by atoms with Crippen LogP contribution in [0.3, 0.4) is 0 Å². The van der Waals surface area contributed by atoms with Crippen LogP contribution < -0.4 is 5.32 Å². The number of sulfonamides is 1. The van der Waals surface area contributed by atoms with E-state index in [0.29, 0.717) is 0 Å². The molecule has 1 atom stereocenters. The Morgan fingerprint density at radius 1 is 1.33 bits per heavy atom. The van der Waals surface area contributed by atoms with Crippen LogP contribution in [0, 0.1) is 0 Å². The second-order valence-corrected chi connectivity index (χ2v) is 6.74. The number of nitrogens with zero attached hydrogens (tertiary/aromatic N) is 1. The molecule has 1 amide bonds. The zero-order valence-corrected chi connectivity index (χ0v) is 12.8. The molecule has 1 rings (SSSR count). The van der Waals surface area contributed by atoms with Crippen molar-refractivity contribution in [1.29, 1.82) is 0 Å². The van der Waals surface area contributed by atoms with Gasteiger partial charge < -0.3 is 10.4 Å². The fourth-order valence-electron chi connectivity index (χ4n) is 1.59. The number of hydrogen-bond acceptors (Lipinski definition) is 4. The predicted octanol–water partition coefficient (Wildman–Crippen LogP) is 0.530. The first-order chi connectivity index (χ1) is 9.70. The average molecular weight is 314 g/mol. The van der Waals surface area contributed by atoms with E-state index in [1.807, 2.05) is 0 Å². The van der Waals surface area contributed by atoms with Crippen LogP contribution in [0.5, 0.6) is 0 Å². The first-order valence-corrected chi connectivity index (χ1v) is 7.70. The quantitative estimate of drug-likeness (QED) is 0.797. The molecule has 0 saturated heterocycles. The standard InChI is InChI=1S/C13H18N2O5S/c1-4-11(13(17)18)14-12(16)9-6-5-7-10(8-9)21(19,20)15(2)3/h5-8,11H,4H2,1-3H3,(H,14,16)(H,17,18)/t11-/m0/s1. The molecule has 8 heteroatoms. The van der Waals surface area contributed by atoms with Crippen molar-refractivity contribution in [2.75, 3.05) is 14.1 Å². The molecule has 0 aliphatic rings. The van der Waals surface area contributed by atoms with E-state index >= 15 is 0 Å². The maximum absolute atomic E-state index is 12.0. The van der Waals surface area contributed by atoms with Crippen molar-refractivity contribution in [2.24, 2.45) is 0 Å². The topological polar surface area (TPSA) is 104 Å². The van der Waals surface area contributed by atoms with E-state index in [1.54, 1.807) is 6.92 Å². The van der Waals surface area contributed by atoms with Gasteiger partial charge in [-0.25, -0.2) is 17.5 Å². The number of rotatable bonds is 6. The zero-order chi connectivity index (χ0) is 16.2. The van der Waals surface area contributed by atoms with Gasteiger partial charge in [-0.2, -0.15) is 0 Å². The van der Waals surface area contributed by atoms with E-state index in [2.05, 4.69) is 5.32 Å². The van der Waals surface area contributed by atoms with Gasteiger partial charge in [-0.1, -0.05) is 13.0 Å². The highest BCUT2D eigenvalue weighted by molar-refractivity contribution is 7.89. The summed E-state index contributed by atoms with van der Waals surface area (Å²) in [6.45, 7) is 1.63. The smallest absolute Gasteiger partial charge is 0.326 e. The molecule has 0 aromatic heterocycles. The summed E-state index contributed by atoms with van der Waals surface area (Å²) in [6, 6.07) is 4.46. The number of carboxylic acid groups (broad SMARTS) is 1. The minimum Gasteiger partial charge on any atom is -0.480 e. The number of carbonyl (C=O) groups excluding carboxylic acids is 1. The van der Waals surface area contributed by atoms with Crippen LogP contribution in [0.4, 0.5) is 0 Å². The molecule has 0 bridgehead atoms. The van der Waals surface area contributed by atoms with Gasteiger partial charge in [-0.15, -0.1) is 0 Å². The molecule has 0 fully saturated rings. The van der Waals surface area contributed by atoms with Gasteiger partial charge in [-0.05, 0) is 24.6 Å². The van der Waals surface area contributed by atoms with Crippen molar-refractivity contribution in [1.82, 2.24) is 9.62 Å². The fourth-order valence-corrected chi connectivity index (χ4v) is 2.54. The number of hydrogen-bond donors (Lipinski definition) is 2. The van der Waals surface area contributed by atoms with E-state index in [4.69, 9.17) is 5.11 Å². The van der Waals surface area contributed by atoms with Crippen LogP contribution in [0.15, 0.2) is 29.2 Å². The van der Waals surface area contributed by atoms with Crippen molar-refractivity contribution in [3.8, 4) is 0 Å². The molecule has 0 unspecified atom stereocenters. The van der Waals surface area contributed by atoms with Crippen LogP contribution >= 0.6 is 0 Å². The summed E-state index contributed by atoms with van der Waals surface area (Å²) < 4.78 is 25.0. The Bertz CT molecular complexity index is 640. The van der Waals surface area contributed by atoms with Crippen molar-refractivity contribution in [3.05, 3.63) is 29.8 Å².